The van der Waals surface area contributed by atoms with Gasteiger partial charge in [-0.2, -0.15) is 0 Å². The Bertz CT molecular complexity index is 650. The molecule has 20 heavy (non-hydrogen) atoms. The van der Waals surface area contributed by atoms with Crippen LogP contribution in [0.5, 0.6) is 5.75 Å². The van der Waals surface area contributed by atoms with E-state index in [9.17, 15) is 4.79 Å². The van der Waals surface area contributed by atoms with Crippen LogP contribution < -0.4 is 4.74 Å². The summed E-state index contributed by atoms with van der Waals surface area (Å²) in [5.74, 6) is -0.0999. The first kappa shape index (κ1) is 14.1. The monoisotopic (exact) mass is 271 g/mol. The number of carbonyl (C=O) groups is 1. The van der Waals surface area contributed by atoms with Crippen LogP contribution in [0.25, 0.3) is 11.3 Å². The Balaban J connectivity index is 2.50. The molecule has 0 fully saturated rings. The molecule has 1 aromatic carbocycles. The summed E-state index contributed by atoms with van der Waals surface area (Å²) in [6.45, 7) is 6.49. The van der Waals surface area contributed by atoms with E-state index in [1.54, 1.807) is 6.07 Å². The zero-order chi connectivity index (χ0) is 14.7. The smallest absolute Gasteiger partial charge is 0.335 e. The van der Waals surface area contributed by atoms with Crippen LogP contribution in [0, 0.1) is 13.8 Å². The van der Waals surface area contributed by atoms with Gasteiger partial charge in [-0.15, -0.1) is 0 Å². The first-order valence-corrected chi connectivity index (χ1v) is 6.46. The van der Waals surface area contributed by atoms with Gasteiger partial charge in [0.1, 0.15) is 5.75 Å². The molecule has 1 heterocycles. The normalized spacial score (nSPS) is 10.3. The molecule has 2 aromatic rings. The summed E-state index contributed by atoms with van der Waals surface area (Å²) >= 11 is 0. The fraction of sp³-hybridized carbons (Fsp3) is 0.250. The van der Waals surface area contributed by atoms with Gasteiger partial charge in [0.15, 0.2) is 0 Å². The molecule has 0 aliphatic rings. The van der Waals surface area contributed by atoms with Crippen LogP contribution in [0.15, 0.2) is 30.5 Å². The summed E-state index contributed by atoms with van der Waals surface area (Å²) < 4.78 is 5.56. The van der Waals surface area contributed by atoms with Crippen LogP contribution in [-0.2, 0) is 0 Å². The van der Waals surface area contributed by atoms with Crippen molar-refractivity contribution in [3.8, 4) is 17.0 Å². The highest BCUT2D eigenvalue weighted by atomic mass is 16.5. The molecule has 0 aliphatic heterocycles. The summed E-state index contributed by atoms with van der Waals surface area (Å²) in [6.07, 6.45) is 1.52. The minimum absolute atomic E-state index is 0.237. The number of ether oxygens (including phenoxy) is 1. The number of pyridine rings is 1. The molecule has 2 rings (SSSR count). The Morgan fingerprint density at radius 3 is 2.65 bits per heavy atom. The first-order chi connectivity index (χ1) is 9.52. The number of carboxylic acid groups (broad SMARTS) is 1. The van der Waals surface area contributed by atoms with Gasteiger partial charge >= 0.3 is 5.97 Å². The van der Waals surface area contributed by atoms with Gasteiger partial charge in [-0.05, 0) is 56.2 Å². The molecule has 1 aromatic heterocycles. The number of carboxylic acids is 1. The van der Waals surface area contributed by atoms with Crippen molar-refractivity contribution in [2.75, 3.05) is 6.61 Å². The third kappa shape index (κ3) is 2.79. The number of aromatic carboxylic acids is 1. The second-order valence-corrected chi connectivity index (χ2v) is 4.60. The number of rotatable bonds is 4. The van der Waals surface area contributed by atoms with Gasteiger partial charge in [-0.1, -0.05) is 0 Å². The molecule has 0 saturated heterocycles. The van der Waals surface area contributed by atoms with Gasteiger partial charge in [0.25, 0.3) is 0 Å². The highest BCUT2D eigenvalue weighted by Gasteiger charge is 2.11. The lowest BCUT2D eigenvalue weighted by Gasteiger charge is -2.12. The third-order valence-electron chi connectivity index (χ3n) is 3.10. The van der Waals surface area contributed by atoms with Crippen LogP contribution in [0.3, 0.4) is 0 Å². The van der Waals surface area contributed by atoms with E-state index in [2.05, 4.69) is 4.98 Å². The zero-order valence-corrected chi connectivity index (χ0v) is 11.8. The largest absolute Gasteiger partial charge is 0.494 e. The van der Waals surface area contributed by atoms with Crippen molar-refractivity contribution in [2.24, 2.45) is 0 Å². The molecule has 1 N–H and O–H groups in total. The van der Waals surface area contributed by atoms with Crippen molar-refractivity contribution in [3.05, 3.63) is 47.2 Å². The predicted molar refractivity (Wildman–Crippen MR) is 77.3 cm³/mol. The molecule has 0 saturated carbocycles. The van der Waals surface area contributed by atoms with Gasteiger partial charge < -0.3 is 9.84 Å². The fourth-order valence-corrected chi connectivity index (χ4v) is 2.09. The Morgan fingerprint density at radius 1 is 1.25 bits per heavy atom. The summed E-state index contributed by atoms with van der Waals surface area (Å²) in [5, 5.41) is 9.05. The first-order valence-electron chi connectivity index (χ1n) is 6.46. The molecule has 0 bridgehead atoms. The topological polar surface area (TPSA) is 59.4 Å². The second kappa shape index (κ2) is 5.74. The van der Waals surface area contributed by atoms with Crippen molar-refractivity contribution < 1.29 is 14.6 Å². The molecule has 4 nitrogen and oxygen atoms in total. The molecule has 0 radical (unpaired) electrons. The lowest BCUT2D eigenvalue weighted by molar-refractivity contribution is 0.0697. The fourth-order valence-electron chi connectivity index (χ4n) is 2.09. The number of hydrogen-bond acceptors (Lipinski definition) is 3. The maximum atomic E-state index is 11.0. The molecule has 0 unspecified atom stereocenters. The number of hydrogen-bond donors (Lipinski definition) is 1. The predicted octanol–water partition coefficient (Wildman–Crippen LogP) is 3.46. The molecular formula is C16H17NO3. The number of aromatic nitrogens is 1. The van der Waals surface area contributed by atoms with E-state index in [1.165, 1.54) is 12.3 Å². The summed E-state index contributed by atoms with van der Waals surface area (Å²) in [6, 6.07) is 7.02. The van der Waals surface area contributed by atoms with E-state index in [0.29, 0.717) is 12.3 Å². The van der Waals surface area contributed by atoms with Gasteiger partial charge in [0.05, 0.1) is 17.9 Å². The van der Waals surface area contributed by atoms with Gasteiger partial charge in [-0.25, -0.2) is 4.79 Å². The van der Waals surface area contributed by atoms with Crippen LogP contribution in [-0.4, -0.2) is 22.7 Å². The van der Waals surface area contributed by atoms with E-state index in [-0.39, 0.29) is 5.56 Å². The molecule has 4 heteroatoms. The third-order valence-corrected chi connectivity index (χ3v) is 3.10. The number of benzene rings is 1. The summed E-state index contributed by atoms with van der Waals surface area (Å²) in [5.41, 5.74) is 3.84. The molecule has 0 spiro atoms. The lowest BCUT2D eigenvalue weighted by atomic mass is 10.0. The van der Waals surface area contributed by atoms with Crippen molar-refractivity contribution in [1.29, 1.82) is 0 Å². The van der Waals surface area contributed by atoms with Crippen molar-refractivity contribution >= 4 is 5.97 Å². The van der Waals surface area contributed by atoms with E-state index in [0.717, 1.165) is 22.4 Å². The van der Waals surface area contributed by atoms with Crippen molar-refractivity contribution in [1.82, 2.24) is 4.98 Å². The molecule has 0 aliphatic carbocycles. The maximum Gasteiger partial charge on any atom is 0.335 e. The highest BCUT2D eigenvalue weighted by molar-refractivity contribution is 5.89. The van der Waals surface area contributed by atoms with E-state index < -0.39 is 5.97 Å². The average molecular weight is 271 g/mol. The lowest BCUT2D eigenvalue weighted by Crippen LogP contribution is -1.99. The standard InChI is InChI=1S/C16H17NO3/c1-4-20-15-8-10(2)13(7-11(15)3)14-9-12(16(18)19)5-6-17-14/h5-9H,4H2,1-3H3,(H,18,19). The molecule has 0 atom stereocenters. The number of aryl methyl sites for hydroxylation is 2. The summed E-state index contributed by atoms with van der Waals surface area (Å²) in [7, 11) is 0. The van der Waals surface area contributed by atoms with Crippen LogP contribution in [0.4, 0.5) is 0 Å². The second-order valence-electron chi connectivity index (χ2n) is 4.60. The van der Waals surface area contributed by atoms with Crippen LogP contribution in [0.1, 0.15) is 28.4 Å². The Morgan fingerprint density at radius 2 is 2.00 bits per heavy atom. The summed E-state index contributed by atoms with van der Waals surface area (Å²) in [4.78, 5) is 15.3. The van der Waals surface area contributed by atoms with Gasteiger partial charge in [0, 0.05) is 11.8 Å². The Hall–Kier alpha value is -2.36. The quantitative estimate of drug-likeness (QED) is 0.925. The van der Waals surface area contributed by atoms with Gasteiger partial charge in [-0.3, -0.25) is 4.98 Å². The SMILES string of the molecule is CCOc1cc(C)c(-c2cc(C(=O)O)ccn2)cc1C. The van der Waals surface area contributed by atoms with E-state index in [1.807, 2.05) is 32.9 Å². The molecule has 0 amide bonds. The minimum Gasteiger partial charge on any atom is -0.494 e. The van der Waals surface area contributed by atoms with Crippen molar-refractivity contribution in [2.45, 2.75) is 20.8 Å². The molecular weight excluding hydrogens is 254 g/mol. The Kier molecular flexibility index (Phi) is 4.03. The van der Waals surface area contributed by atoms with Crippen molar-refractivity contribution in [3.63, 3.8) is 0 Å². The Labute approximate surface area is 118 Å². The maximum absolute atomic E-state index is 11.0. The minimum atomic E-state index is -0.950. The van der Waals surface area contributed by atoms with Gasteiger partial charge in [0.2, 0.25) is 0 Å². The van der Waals surface area contributed by atoms with Crippen LogP contribution >= 0.6 is 0 Å². The van der Waals surface area contributed by atoms with Crippen LogP contribution in [0.2, 0.25) is 0 Å². The van der Waals surface area contributed by atoms with E-state index in [4.69, 9.17) is 9.84 Å². The highest BCUT2D eigenvalue weighted by Crippen LogP contribution is 2.29. The average Bonchev–Trinajstić information content (AvgIpc) is 2.43. The zero-order valence-electron chi connectivity index (χ0n) is 11.8. The number of nitrogens with zero attached hydrogens (tertiary/aromatic N) is 1. The molecule has 104 valence electrons. The van der Waals surface area contributed by atoms with E-state index >= 15 is 0 Å².